The Balaban J connectivity index is 2.66. The maximum absolute atomic E-state index is 12.2. The number of anilines is 1. The predicted molar refractivity (Wildman–Crippen MR) is 80.2 cm³/mol. The maximum atomic E-state index is 12.2. The molecule has 2 rings (SSSR count). The number of carbonyl (C=O) groups excluding carboxylic acids is 1. The number of rotatable bonds is 1. The van der Waals surface area contributed by atoms with Gasteiger partial charge in [-0.1, -0.05) is 18.5 Å². The quantitative estimate of drug-likeness (QED) is 0.816. The lowest BCUT2D eigenvalue weighted by Gasteiger charge is -2.19. The molecule has 0 bridgehead atoms. The number of aryl methyl sites for hydroxylation is 1. The highest BCUT2D eigenvalue weighted by Gasteiger charge is 2.24. The van der Waals surface area contributed by atoms with Crippen molar-refractivity contribution in [3.8, 4) is 0 Å². The van der Waals surface area contributed by atoms with Gasteiger partial charge in [0.1, 0.15) is 11.1 Å². The van der Waals surface area contributed by atoms with Crippen molar-refractivity contribution < 1.29 is 9.53 Å². The SMILES string of the molecule is CCc1nn(C(=O)OC(C)(C)C)c2c(Cl)ccc(N)c12. The fraction of sp³-hybridized carbons (Fsp3) is 0.429. The lowest BCUT2D eigenvalue weighted by atomic mass is 10.1. The zero-order valence-electron chi connectivity index (χ0n) is 12.0. The number of hydrogen-bond donors (Lipinski definition) is 1. The summed E-state index contributed by atoms with van der Waals surface area (Å²) < 4.78 is 6.54. The summed E-state index contributed by atoms with van der Waals surface area (Å²) >= 11 is 6.20. The lowest BCUT2D eigenvalue weighted by Crippen LogP contribution is -2.27. The van der Waals surface area contributed by atoms with E-state index >= 15 is 0 Å². The Labute approximate surface area is 122 Å². The summed E-state index contributed by atoms with van der Waals surface area (Å²) in [4.78, 5) is 12.2. The van der Waals surface area contributed by atoms with Gasteiger partial charge in [0, 0.05) is 11.1 Å². The Kier molecular flexibility index (Phi) is 3.65. The van der Waals surface area contributed by atoms with Crippen LogP contribution in [0.15, 0.2) is 12.1 Å². The number of benzene rings is 1. The monoisotopic (exact) mass is 295 g/mol. The third-order valence-electron chi connectivity index (χ3n) is 2.78. The number of nitrogens with zero attached hydrogens (tertiary/aromatic N) is 2. The molecule has 0 fully saturated rings. The third kappa shape index (κ3) is 2.58. The van der Waals surface area contributed by atoms with E-state index in [0.29, 0.717) is 28.0 Å². The fourth-order valence-corrected chi connectivity index (χ4v) is 2.23. The van der Waals surface area contributed by atoms with E-state index in [2.05, 4.69) is 5.10 Å². The van der Waals surface area contributed by atoms with Gasteiger partial charge in [-0.15, -0.1) is 0 Å². The molecule has 2 aromatic rings. The first kappa shape index (κ1) is 14.7. The molecule has 1 aromatic heterocycles. The third-order valence-corrected chi connectivity index (χ3v) is 3.09. The Bertz CT molecular complexity index is 671. The van der Waals surface area contributed by atoms with Crippen molar-refractivity contribution in [2.45, 2.75) is 39.7 Å². The summed E-state index contributed by atoms with van der Waals surface area (Å²) in [6, 6.07) is 3.37. The molecular weight excluding hydrogens is 278 g/mol. The van der Waals surface area contributed by atoms with Crippen molar-refractivity contribution in [2.75, 3.05) is 5.73 Å². The van der Waals surface area contributed by atoms with E-state index in [4.69, 9.17) is 22.1 Å². The minimum absolute atomic E-state index is 0.423. The molecule has 0 aliphatic rings. The Morgan fingerprint density at radius 3 is 2.65 bits per heavy atom. The van der Waals surface area contributed by atoms with Gasteiger partial charge in [-0.05, 0) is 39.3 Å². The first-order valence-corrected chi connectivity index (χ1v) is 6.81. The van der Waals surface area contributed by atoms with Crippen molar-refractivity contribution in [3.63, 3.8) is 0 Å². The average molecular weight is 296 g/mol. The normalized spacial score (nSPS) is 11.8. The smallest absolute Gasteiger partial charge is 0.435 e. The largest absolute Gasteiger partial charge is 0.442 e. The number of fused-ring (bicyclic) bond motifs is 1. The van der Waals surface area contributed by atoms with Crippen LogP contribution in [0, 0.1) is 0 Å². The molecular formula is C14H18ClN3O2. The summed E-state index contributed by atoms with van der Waals surface area (Å²) in [6.45, 7) is 7.34. The predicted octanol–water partition coefficient (Wildman–Crippen LogP) is 3.62. The van der Waals surface area contributed by atoms with Crippen molar-refractivity contribution >= 4 is 34.3 Å². The van der Waals surface area contributed by atoms with Crippen LogP contribution in [0.1, 0.15) is 33.4 Å². The molecule has 0 amide bonds. The van der Waals surface area contributed by atoms with Crippen LogP contribution in [0.4, 0.5) is 10.5 Å². The molecule has 0 radical (unpaired) electrons. The highest BCUT2D eigenvalue weighted by molar-refractivity contribution is 6.36. The van der Waals surface area contributed by atoms with Crippen LogP contribution < -0.4 is 5.73 Å². The maximum Gasteiger partial charge on any atom is 0.435 e. The van der Waals surface area contributed by atoms with E-state index in [0.717, 1.165) is 5.69 Å². The summed E-state index contributed by atoms with van der Waals surface area (Å²) in [5.41, 5.74) is 7.15. The highest BCUT2D eigenvalue weighted by Crippen LogP contribution is 2.31. The molecule has 0 aliphatic heterocycles. The molecule has 0 saturated carbocycles. The molecule has 0 spiro atoms. The molecule has 0 unspecified atom stereocenters. The van der Waals surface area contributed by atoms with Gasteiger partial charge in [-0.3, -0.25) is 0 Å². The van der Waals surface area contributed by atoms with Crippen LogP contribution in [0.5, 0.6) is 0 Å². The van der Waals surface area contributed by atoms with E-state index in [-0.39, 0.29) is 0 Å². The minimum atomic E-state index is -0.603. The van der Waals surface area contributed by atoms with Gasteiger partial charge >= 0.3 is 6.09 Å². The fourth-order valence-electron chi connectivity index (χ4n) is 2.00. The van der Waals surface area contributed by atoms with Crippen LogP contribution >= 0.6 is 11.6 Å². The van der Waals surface area contributed by atoms with Crippen molar-refractivity contribution in [1.29, 1.82) is 0 Å². The number of aromatic nitrogens is 2. The number of halogens is 1. The second kappa shape index (κ2) is 4.98. The van der Waals surface area contributed by atoms with Crippen LogP contribution in [0.2, 0.25) is 5.02 Å². The average Bonchev–Trinajstić information content (AvgIpc) is 2.72. The van der Waals surface area contributed by atoms with E-state index in [9.17, 15) is 4.79 Å². The minimum Gasteiger partial charge on any atom is -0.442 e. The van der Waals surface area contributed by atoms with Gasteiger partial charge in [-0.2, -0.15) is 9.78 Å². The van der Waals surface area contributed by atoms with Crippen LogP contribution in [-0.4, -0.2) is 21.5 Å². The van der Waals surface area contributed by atoms with Gasteiger partial charge in [0.15, 0.2) is 0 Å². The van der Waals surface area contributed by atoms with Gasteiger partial charge in [0.2, 0.25) is 0 Å². The van der Waals surface area contributed by atoms with E-state index in [1.54, 1.807) is 32.9 Å². The van der Waals surface area contributed by atoms with E-state index in [1.807, 2.05) is 6.92 Å². The number of ether oxygens (including phenoxy) is 1. The molecule has 1 heterocycles. The molecule has 20 heavy (non-hydrogen) atoms. The number of nitrogens with two attached hydrogens (primary N) is 1. The highest BCUT2D eigenvalue weighted by atomic mass is 35.5. The second-order valence-corrected chi connectivity index (χ2v) is 5.96. The molecule has 5 nitrogen and oxygen atoms in total. The summed E-state index contributed by atoms with van der Waals surface area (Å²) in [7, 11) is 0. The molecule has 6 heteroatoms. The number of nitrogen functional groups attached to an aromatic ring is 1. The lowest BCUT2D eigenvalue weighted by molar-refractivity contribution is 0.0522. The van der Waals surface area contributed by atoms with Crippen LogP contribution in [0.25, 0.3) is 10.9 Å². The van der Waals surface area contributed by atoms with Crippen LogP contribution in [0.3, 0.4) is 0 Å². The molecule has 108 valence electrons. The van der Waals surface area contributed by atoms with Gasteiger partial charge in [-0.25, -0.2) is 4.79 Å². The Morgan fingerprint density at radius 1 is 1.45 bits per heavy atom. The summed E-state index contributed by atoms with van der Waals surface area (Å²) in [6.07, 6.45) is 0.0892. The zero-order valence-corrected chi connectivity index (χ0v) is 12.8. The Morgan fingerprint density at radius 2 is 2.10 bits per heavy atom. The Hall–Kier alpha value is -1.75. The van der Waals surface area contributed by atoms with Crippen molar-refractivity contribution in [2.24, 2.45) is 0 Å². The first-order chi connectivity index (χ1) is 9.24. The second-order valence-electron chi connectivity index (χ2n) is 5.55. The summed E-state index contributed by atoms with van der Waals surface area (Å²) in [5.74, 6) is 0. The topological polar surface area (TPSA) is 70.1 Å². The van der Waals surface area contributed by atoms with E-state index < -0.39 is 11.7 Å². The number of carbonyl (C=O) groups is 1. The van der Waals surface area contributed by atoms with Gasteiger partial charge in [0.25, 0.3) is 0 Å². The van der Waals surface area contributed by atoms with Crippen molar-refractivity contribution in [1.82, 2.24) is 9.78 Å². The van der Waals surface area contributed by atoms with E-state index in [1.165, 1.54) is 4.68 Å². The molecule has 0 saturated heterocycles. The standard InChI is InChI=1S/C14H18ClN3O2/c1-5-10-11-9(16)7-6-8(15)12(11)18(17-10)13(19)20-14(2,3)4/h6-7H,5,16H2,1-4H3. The van der Waals surface area contributed by atoms with Crippen LogP contribution in [-0.2, 0) is 11.2 Å². The zero-order chi connectivity index (χ0) is 15.1. The van der Waals surface area contributed by atoms with Crippen molar-refractivity contribution in [3.05, 3.63) is 22.8 Å². The molecule has 2 N–H and O–H groups in total. The first-order valence-electron chi connectivity index (χ1n) is 6.43. The van der Waals surface area contributed by atoms with Gasteiger partial charge < -0.3 is 10.5 Å². The van der Waals surface area contributed by atoms with Gasteiger partial charge in [0.05, 0.1) is 10.7 Å². The summed E-state index contributed by atoms with van der Waals surface area (Å²) in [5, 5.41) is 5.43. The molecule has 0 atom stereocenters. The molecule has 1 aromatic carbocycles. The molecule has 0 aliphatic carbocycles. The number of hydrogen-bond acceptors (Lipinski definition) is 4.